The monoisotopic (exact) mass is 434 g/mol. The number of ether oxygens (including phenoxy) is 1. The standard InChI is InChI=1S/C22H19FN6O3/c1-12-3-8-16(23)17(9-12)28-22(31)27-14-6-4-13(5-7-14)18-15(21(30)32-2)10-29-19(18)20(24)25-11-26-29/h3-11H,1-2H3,(H2,24,25,26)(H2,27,28,31). The third-order valence-electron chi connectivity index (χ3n) is 4.81. The van der Waals surface area contributed by atoms with Crippen LogP contribution in [-0.2, 0) is 4.74 Å². The number of hydrogen-bond acceptors (Lipinski definition) is 6. The number of carbonyl (C=O) groups excluding carboxylic acids is 2. The number of amides is 2. The van der Waals surface area contributed by atoms with Gasteiger partial charge >= 0.3 is 12.0 Å². The number of carbonyl (C=O) groups is 2. The van der Waals surface area contributed by atoms with Crippen LogP contribution in [0.3, 0.4) is 0 Å². The van der Waals surface area contributed by atoms with E-state index in [2.05, 4.69) is 20.7 Å². The van der Waals surface area contributed by atoms with Gasteiger partial charge in [-0.2, -0.15) is 5.10 Å². The van der Waals surface area contributed by atoms with Crippen LogP contribution in [0.15, 0.2) is 55.0 Å². The summed E-state index contributed by atoms with van der Waals surface area (Å²) in [6.07, 6.45) is 2.81. The van der Waals surface area contributed by atoms with E-state index >= 15 is 0 Å². The number of esters is 1. The van der Waals surface area contributed by atoms with Crippen molar-refractivity contribution in [3.63, 3.8) is 0 Å². The molecular weight excluding hydrogens is 415 g/mol. The molecular formula is C22H19FN6O3. The van der Waals surface area contributed by atoms with Crippen LogP contribution in [-0.4, -0.2) is 33.7 Å². The number of nitrogen functional groups attached to an aromatic ring is 1. The number of nitrogens with zero attached hydrogens (tertiary/aromatic N) is 3. The maximum absolute atomic E-state index is 13.9. The van der Waals surface area contributed by atoms with E-state index in [9.17, 15) is 14.0 Å². The number of urea groups is 1. The number of nitrogens with two attached hydrogens (primary N) is 1. The molecule has 0 saturated carbocycles. The van der Waals surface area contributed by atoms with E-state index in [-0.39, 0.29) is 17.1 Å². The number of anilines is 3. The highest BCUT2D eigenvalue weighted by molar-refractivity contribution is 6.05. The SMILES string of the molecule is COC(=O)c1cn2ncnc(N)c2c1-c1ccc(NC(=O)Nc2cc(C)ccc2F)cc1. The number of methoxy groups -OCH3 is 1. The molecule has 4 aromatic rings. The first-order chi connectivity index (χ1) is 15.4. The third-order valence-corrected chi connectivity index (χ3v) is 4.81. The fraction of sp³-hybridized carbons (Fsp3) is 0.0909. The van der Waals surface area contributed by atoms with E-state index in [1.165, 1.54) is 36.3 Å². The average molecular weight is 434 g/mol. The minimum atomic E-state index is -0.593. The van der Waals surface area contributed by atoms with Crippen LogP contribution in [0.2, 0.25) is 0 Å². The lowest BCUT2D eigenvalue weighted by molar-refractivity contribution is 0.0601. The summed E-state index contributed by atoms with van der Waals surface area (Å²) >= 11 is 0. The maximum atomic E-state index is 13.9. The Hall–Kier alpha value is -4.47. The van der Waals surface area contributed by atoms with E-state index in [0.717, 1.165) is 5.56 Å². The Morgan fingerprint density at radius 1 is 1.12 bits per heavy atom. The van der Waals surface area contributed by atoms with Crippen molar-refractivity contribution >= 4 is 34.7 Å². The summed E-state index contributed by atoms with van der Waals surface area (Å²) in [6.45, 7) is 1.80. The number of halogens is 1. The first-order valence-electron chi connectivity index (χ1n) is 9.52. The van der Waals surface area contributed by atoms with E-state index in [1.54, 1.807) is 37.3 Å². The molecule has 4 rings (SSSR count). The zero-order chi connectivity index (χ0) is 22.8. The Labute approximate surface area is 182 Å². The van der Waals surface area contributed by atoms with Crippen LogP contribution < -0.4 is 16.4 Å². The first kappa shape index (κ1) is 20.8. The second kappa shape index (κ2) is 8.34. The van der Waals surface area contributed by atoms with Crippen molar-refractivity contribution < 1.29 is 18.7 Å². The van der Waals surface area contributed by atoms with Crippen molar-refractivity contribution in [2.45, 2.75) is 6.92 Å². The Bertz CT molecular complexity index is 1330. The molecule has 2 amide bonds. The second-order valence-electron chi connectivity index (χ2n) is 6.99. The lowest BCUT2D eigenvalue weighted by Crippen LogP contribution is -2.20. The lowest BCUT2D eigenvalue weighted by atomic mass is 10.0. The van der Waals surface area contributed by atoms with Gasteiger partial charge in [0.2, 0.25) is 0 Å². The number of hydrogen-bond donors (Lipinski definition) is 3. The smallest absolute Gasteiger partial charge is 0.340 e. The minimum absolute atomic E-state index is 0.0811. The van der Waals surface area contributed by atoms with Crippen LogP contribution in [0.1, 0.15) is 15.9 Å². The van der Waals surface area contributed by atoms with Gasteiger partial charge in [0.15, 0.2) is 5.82 Å². The average Bonchev–Trinajstić information content (AvgIpc) is 3.17. The fourth-order valence-corrected chi connectivity index (χ4v) is 3.33. The van der Waals surface area contributed by atoms with E-state index in [4.69, 9.17) is 10.5 Å². The molecule has 32 heavy (non-hydrogen) atoms. The number of aryl methyl sites for hydroxylation is 1. The summed E-state index contributed by atoms with van der Waals surface area (Å²) in [5, 5.41) is 9.22. The highest BCUT2D eigenvalue weighted by Crippen LogP contribution is 2.33. The molecule has 0 aliphatic heterocycles. The molecule has 0 aliphatic rings. The van der Waals surface area contributed by atoms with Gasteiger partial charge in [-0.1, -0.05) is 18.2 Å². The molecule has 0 atom stereocenters. The molecule has 0 radical (unpaired) electrons. The molecule has 0 spiro atoms. The molecule has 0 unspecified atom stereocenters. The molecule has 162 valence electrons. The topological polar surface area (TPSA) is 124 Å². The van der Waals surface area contributed by atoms with Crippen molar-refractivity contribution in [2.75, 3.05) is 23.5 Å². The summed E-state index contributed by atoms with van der Waals surface area (Å²) < 4.78 is 20.2. The summed E-state index contributed by atoms with van der Waals surface area (Å²) in [5.41, 5.74) is 9.26. The van der Waals surface area contributed by atoms with Crippen LogP contribution >= 0.6 is 0 Å². The number of aromatic nitrogens is 3. The highest BCUT2D eigenvalue weighted by atomic mass is 19.1. The van der Waals surface area contributed by atoms with Gasteiger partial charge in [-0.15, -0.1) is 0 Å². The predicted octanol–water partition coefficient (Wildman–Crippen LogP) is 3.86. The molecule has 4 N–H and O–H groups in total. The van der Waals surface area contributed by atoms with E-state index in [0.29, 0.717) is 22.3 Å². The fourth-order valence-electron chi connectivity index (χ4n) is 3.33. The Morgan fingerprint density at radius 3 is 2.59 bits per heavy atom. The number of nitrogens with one attached hydrogen (secondary N) is 2. The van der Waals surface area contributed by atoms with Crippen molar-refractivity contribution in [3.05, 3.63) is 71.9 Å². The van der Waals surface area contributed by atoms with Crippen LogP contribution in [0, 0.1) is 12.7 Å². The van der Waals surface area contributed by atoms with Gasteiger partial charge in [0, 0.05) is 17.4 Å². The Morgan fingerprint density at radius 2 is 1.88 bits per heavy atom. The molecule has 2 aromatic carbocycles. The van der Waals surface area contributed by atoms with Crippen LogP contribution in [0.5, 0.6) is 0 Å². The molecule has 0 fully saturated rings. The van der Waals surface area contributed by atoms with Crippen LogP contribution in [0.25, 0.3) is 16.6 Å². The van der Waals surface area contributed by atoms with Crippen molar-refractivity contribution in [1.82, 2.24) is 14.6 Å². The molecule has 10 heteroatoms. The van der Waals surface area contributed by atoms with Crippen LogP contribution in [0.4, 0.5) is 26.4 Å². The highest BCUT2D eigenvalue weighted by Gasteiger charge is 2.22. The molecule has 9 nitrogen and oxygen atoms in total. The molecule has 0 bridgehead atoms. The third kappa shape index (κ3) is 3.93. The van der Waals surface area contributed by atoms with E-state index in [1.807, 2.05) is 0 Å². The van der Waals surface area contributed by atoms with E-state index < -0.39 is 17.8 Å². The van der Waals surface area contributed by atoms with Crippen molar-refractivity contribution in [1.29, 1.82) is 0 Å². The largest absolute Gasteiger partial charge is 0.465 e. The first-order valence-corrected chi connectivity index (χ1v) is 9.52. The predicted molar refractivity (Wildman–Crippen MR) is 118 cm³/mol. The molecule has 2 heterocycles. The summed E-state index contributed by atoms with van der Waals surface area (Å²) in [5.74, 6) is -0.879. The van der Waals surface area contributed by atoms with Gasteiger partial charge in [0.25, 0.3) is 0 Å². The quantitative estimate of drug-likeness (QED) is 0.419. The summed E-state index contributed by atoms with van der Waals surface area (Å²) in [7, 11) is 1.28. The molecule has 0 saturated heterocycles. The zero-order valence-electron chi connectivity index (χ0n) is 17.2. The minimum Gasteiger partial charge on any atom is -0.465 e. The molecule has 0 aliphatic carbocycles. The van der Waals surface area contributed by atoms with Crippen molar-refractivity contribution in [3.8, 4) is 11.1 Å². The lowest BCUT2D eigenvalue weighted by Gasteiger charge is -2.10. The summed E-state index contributed by atoms with van der Waals surface area (Å²) in [4.78, 5) is 28.6. The normalized spacial score (nSPS) is 10.7. The second-order valence-corrected chi connectivity index (χ2v) is 6.99. The van der Waals surface area contributed by atoms with Gasteiger partial charge in [-0.25, -0.2) is 23.5 Å². The molecule has 2 aromatic heterocycles. The maximum Gasteiger partial charge on any atom is 0.340 e. The van der Waals surface area contributed by atoms with Gasteiger partial charge in [0.1, 0.15) is 17.7 Å². The number of rotatable bonds is 4. The summed E-state index contributed by atoms with van der Waals surface area (Å²) in [6, 6.07) is 10.5. The van der Waals surface area contributed by atoms with Crippen molar-refractivity contribution in [2.24, 2.45) is 0 Å². The van der Waals surface area contributed by atoms with Gasteiger partial charge in [-0.05, 0) is 42.3 Å². The number of benzene rings is 2. The Kier molecular flexibility index (Phi) is 5.42. The van der Waals surface area contributed by atoms with Gasteiger partial charge in [-0.3, -0.25) is 0 Å². The van der Waals surface area contributed by atoms with Gasteiger partial charge in [0.05, 0.1) is 18.4 Å². The number of fused-ring (bicyclic) bond motifs is 1. The zero-order valence-corrected chi connectivity index (χ0v) is 17.2. The van der Waals surface area contributed by atoms with Gasteiger partial charge < -0.3 is 21.1 Å². The Balaban J connectivity index is 1.62.